The van der Waals surface area contributed by atoms with E-state index in [4.69, 9.17) is 0 Å². The minimum absolute atomic E-state index is 0.657. The summed E-state index contributed by atoms with van der Waals surface area (Å²) in [7, 11) is 0. The van der Waals surface area contributed by atoms with Crippen molar-refractivity contribution in [2.75, 3.05) is 23.3 Å². The summed E-state index contributed by atoms with van der Waals surface area (Å²) in [6.45, 7) is 1.72. The predicted molar refractivity (Wildman–Crippen MR) is 95.6 cm³/mol. The number of fused-ring (bicyclic) bond motifs is 1. The molecule has 1 aliphatic heterocycles. The Morgan fingerprint density at radius 3 is 2.75 bits per heavy atom. The van der Waals surface area contributed by atoms with Crippen molar-refractivity contribution in [3.05, 3.63) is 71.9 Å². The molecule has 0 bridgehead atoms. The Hall–Kier alpha value is -2.95. The van der Waals surface area contributed by atoms with Crippen LogP contribution in [0, 0.1) is 0 Å². The fourth-order valence-corrected chi connectivity index (χ4v) is 3.02. The van der Waals surface area contributed by atoms with Gasteiger partial charge < -0.3 is 10.2 Å². The number of para-hydroxylation sites is 1. The third-order valence-corrected chi connectivity index (χ3v) is 4.24. The number of hydrogen-bond donors (Lipinski definition) is 1. The molecule has 0 saturated heterocycles. The summed E-state index contributed by atoms with van der Waals surface area (Å²) in [4.78, 5) is 6.76. The van der Waals surface area contributed by atoms with E-state index in [0.717, 1.165) is 31.7 Å². The minimum Gasteiger partial charge on any atom is -0.368 e. The minimum atomic E-state index is 0.657. The second-order valence-corrected chi connectivity index (χ2v) is 5.83. The van der Waals surface area contributed by atoms with Crippen LogP contribution in [0.1, 0.15) is 11.1 Å². The third-order valence-electron chi connectivity index (χ3n) is 4.24. The van der Waals surface area contributed by atoms with E-state index in [-0.39, 0.29) is 0 Å². The number of aromatic nitrogens is 3. The number of anilines is 3. The number of hydrogen-bond acceptors (Lipinski definition) is 5. The van der Waals surface area contributed by atoms with Crippen molar-refractivity contribution in [1.82, 2.24) is 15.2 Å². The van der Waals surface area contributed by atoms with E-state index in [9.17, 15) is 0 Å². The molecule has 0 radical (unpaired) electrons. The molecule has 5 heteroatoms. The monoisotopic (exact) mass is 317 g/mol. The van der Waals surface area contributed by atoms with Gasteiger partial charge in [0.2, 0.25) is 0 Å². The Morgan fingerprint density at radius 2 is 1.83 bits per heavy atom. The number of nitrogens with one attached hydrogen (secondary N) is 1. The Bertz CT molecular complexity index is 819. The highest BCUT2D eigenvalue weighted by atomic mass is 15.3. The molecule has 0 spiro atoms. The molecule has 0 atom stereocenters. The van der Waals surface area contributed by atoms with Gasteiger partial charge in [0.15, 0.2) is 5.82 Å². The molecule has 2 aromatic carbocycles. The van der Waals surface area contributed by atoms with Crippen molar-refractivity contribution >= 4 is 17.5 Å². The second kappa shape index (κ2) is 6.66. The van der Waals surface area contributed by atoms with Gasteiger partial charge in [0.1, 0.15) is 0 Å². The molecular weight excluding hydrogens is 298 g/mol. The molecule has 0 fully saturated rings. The van der Waals surface area contributed by atoms with Gasteiger partial charge in [0.25, 0.3) is 5.95 Å². The molecule has 0 aliphatic carbocycles. The maximum atomic E-state index is 4.63. The van der Waals surface area contributed by atoms with Crippen LogP contribution in [0.5, 0.6) is 0 Å². The van der Waals surface area contributed by atoms with E-state index in [2.05, 4.69) is 67.9 Å². The largest absolute Gasteiger partial charge is 0.368 e. The van der Waals surface area contributed by atoms with Gasteiger partial charge in [-0.2, -0.15) is 10.1 Å². The van der Waals surface area contributed by atoms with Gasteiger partial charge in [-0.1, -0.05) is 48.5 Å². The zero-order valence-electron chi connectivity index (χ0n) is 13.4. The standard InChI is InChI=1S/C19H19N5/c1-2-6-15(7-3-1)10-12-20-18-14-21-23-19(22-18)24-13-11-16-8-4-5-9-17(16)24/h1-9,14H,10-13H2,(H,20,22,23). The normalized spacial score (nSPS) is 12.9. The summed E-state index contributed by atoms with van der Waals surface area (Å²) < 4.78 is 0. The van der Waals surface area contributed by atoms with Gasteiger partial charge >= 0.3 is 0 Å². The van der Waals surface area contributed by atoms with Crippen LogP contribution in [0.3, 0.4) is 0 Å². The summed E-state index contributed by atoms with van der Waals surface area (Å²) in [6.07, 6.45) is 3.65. The molecule has 3 aromatic rings. The Morgan fingerprint density at radius 1 is 1.00 bits per heavy atom. The molecule has 1 N–H and O–H groups in total. The fourth-order valence-electron chi connectivity index (χ4n) is 3.02. The molecule has 2 heterocycles. The van der Waals surface area contributed by atoms with E-state index in [0.29, 0.717) is 5.95 Å². The highest BCUT2D eigenvalue weighted by Gasteiger charge is 2.22. The summed E-state index contributed by atoms with van der Waals surface area (Å²) in [5.74, 6) is 1.42. The third kappa shape index (κ3) is 3.06. The van der Waals surface area contributed by atoms with Crippen molar-refractivity contribution in [2.45, 2.75) is 12.8 Å². The number of rotatable bonds is 5. The van der Waals surface area contributed by atoms with Crippen molar-refractivity contribution in [3.8, 4) is 0 Å². The van der Waals surface area contributed by atoms with Crippen LogP contribution in [0.2, 0.25) is 0 Å². The molecule has 5 nitrogen and oxygen atoms in total. The predicted octanol–water partition coefficient (Wildman–Crippen LogP) is 3.22. The fraction of sp³-hybridized carbons (Fsp3) is 0.211. The lowest BCUT2D eigenvalue weighted by atomic mass is 10.1. The van der Waals surface area contributed by atoms with Gasteiger partial charge in [-0.15, -0.1) is 5.10 Å². The zero-order chi connectivity index (χ0) is 16.2. The van der Waals surface area contributed by atoms with Crippen LogP contribution in [0.4, 0.5) is 17.5 Å². The SMILES string of the molecule is c1ccc(CCNc2cnnc(N3CCc4ccccc43)n2)cc1. The summed E-state index contributed by atoms with van der Waals surface area (Å²) >= 11 is 0. The highest BCUT2D eigenvalue weighted by Crippen LogP contribution is 2.32. The van der Waals surface area contributed by atoms with E-state index in [1.54, 1.807) is 6.20 Å². The topological polar surface area (TPSA) is 53.9 Å². The van der Waals surface area contributed by atoms with E-state index in [1.165, 1.54) is 16.8 Å². The number of nitrogens with zero attached hydrogens (tertiary/aromatic N) is 4. The number of benzene rings is 2. The molecule has 1 aliphatic rings. The Labute approximate surface area is 141 Å². The van der Waals surface area contributed by atoms with Gasteiger partial charge in [0.05, 0.1) is 6.20 Å². The summed E-state index contributed by atoms with van der Waals surface area (Å²) in [5, 5.41) is 11.7. The molecule has 0 amide bonds. The molecular formula is C19H19N5. The molecule has 1 aromatic heterocycles. The summed E-state index contributed by atoms with van der Waals surface area (Å²) in [6, 6.07) is 18.8. The molecule has 4 rings (SSSR count). The smallest absolute Gasteiger partial charge is 0.251 e. The molecule has 0 saturated carbocycles. The van der Waals surface area contributed by atoms with Gasteiger partial charge in [-0.3, -0.25) is 0 Å². The lowest BCUT2D eigenvalue weighted by molar-refractivity contribution is 0.879. The van der Waals surface area contributed by atoms with Crippen molar-refractivity contribution < 1.29 is 0 Å². The second-order valence-electron chi connectivity index (χ2n) is 5.83. The maximum Gasteiger partial charge on any atom is 0.251 e. The lowest BCUT2D eigenvalue weighted by Crippen LogP contribution is -2.18. The Balaban J connectivity index is 1.45. The Kier molecular flexibility index (Phi) is 4.06. The van der Waals surface area contributed by atoms with Crippen LogP contribution >= 0.6 is 0 Å². The van der Waals surface area contributed by atoms with Crippen LogP contribution in [0.25, 0.3) is 0 Å². The maximum absolute atomic E-state index is 4.63. The summed E-state index contributed by atoms with van der Waals surface area (Å²) in [5.41, 5.74) is 3.82. The first-order valence-corrected chi connectivity index (χ1v) is 8.23. The quantitative estimate of drug-likeness (QED) is 0.783. The van der Waals surface area contributed by atoms with Crippen LogP contribution in [0.15, 0.2) is 60.8 Å². The molecule has 120 valence electrons. The van der Waals surface area contributed by atoms with Gasteiger partial charge in [-0.05, 0) is 30.0 Å². The first kappa shape index (κ1) is 14.6. The van der Waals surface area contributed by atoms with Gasteiger partial charge in [-0.25, -0.2) is 0 Å². The lowest BCUT2D eigenvalue weighted by Gasteiger charge is -2.17. The molecule has 0 unspecified atom stereocenters. The highest BCUT2D eigenvalue weighted by molar-refractivity contribution is 5.65. The first-order chi connectivity index (χ1) is 11.9. The van der Waals surface area contributed by atoms with E-state index < -0.39 is 0 Å². The average molecular weight is 317 g/mol. The first-order valence-electron chi connectivity index (χ1n) is 8.23. The van der Waals surface area contributed by atoms with Crippen molar-refractivity contribution in [1.29, 1.82) is 0 Å². The molecule has 24 heavy (non-hydrogen) atoms. The zero-order valence-corrected chi connectivity index (χ0v) is 13.4. The van der Waals surface area contributed by atoms with E-state index in [1.807, 2.05) is 12.1 Å². The van der Waals surface area contributed by atoms with E-state index >= 15 is 0 Å². The van der Waals surface area contributed by atoms with Gasteiger partial charge in [0, 0.05) is 18.8 Å². The van der Waals surface area contributed by atoms with Crippen LogP contribution in [-0.4, -0.2) is 28.3 Å². The van der Waals surface area contributed by atoms with Crippen molar-refractivity contribution in [3.63, 3.8) is 0 Å². The van der Waals surface area contributed by atoms with Crippen LogP contribution < -0.4 is 10.2 Å². The van der Waals surface area contributed by atoms with Crippen molar-refractivity contribution in [2.24, 2.45) is 0 Å². The van der Waals surface area contributed by atoms with Crippen LogP contribution in [-0.2, 0) is 12.8 Å². The average Bonchev–Trinajstić information content (AvgIpc) is 3.07.